The van der Waals surface area contributed by atoms with Crippen LogP contribution in [0.25, 0.3) is 0 Å². The van der Waals surface area contributed by atoms with Crippen LogP contribution in [-0.2, 0) is 11.3 Å². The Morgan fingerprint density at radius 3 is 2.54 bits per heavy atom. The number of rotatable bonds is 7. The molecule has 1 saturated carbocycles. The smallest absolute Gasteiger partial charge is 0.236 e. The molecule has 0 spiro atoms. The molecule has 1 aromatic rings. The summed E-state index contributed by atoms with van der Waals surface area (Å²) < 4.78 is 0. The van der Waals surface area contributed by atoms with Crippen LogP contribution in [0.5, 0.6) is 0 Å². The summed E-state index contributed by atoms with van der Waals surface area (Å²) >= 11 is 0. The van der Waals surface area contributed by atoms with Crippen molar-refractivity contribution in [3.05, 3.63) is 29.8 Å². The number of carbonyl (C=O) groups is 1. The summed E-state index contributed by atoms with van der Waals surface area (Å²) in [6.07, 6.45) is 5.18. The number of benzene rings is 1. The zero-order chi connectivity index (χ0) is 15.4. The molecule has 6 heteroatoms. The lowest BCUT2D eigenvalue weighted by Crippen LogP contribution is -2.36. The van der Waals surface area contributed by atoms with E-state index in [1.807, 2.05) is 11.9 Å². The molecule has 1 aliphatic heterocycles. The van der Waals surface area contributed by atoms with E-state index in [1.54, 1.807) is 0 Å². The molecule has 0 atom stereocenters. The molecule has 4 nitrogen and oxygen atoms in total. The van der Waals surface area contributed by atoms with Crippen LogP contribution in [0.4, 0.5) is 5.69 Å². The standard InChI is InChI=1S/C18H27N3O.2ClH/c1-20(18(22)13-19-12-15-8-9-15)14-16-6-2-3-7-17(16)21-10-4-5-11-21;;/h2-3,6-7,15,19H,4-5,8-14H2,1H3;2*1H. The van der Waals surface area contributed by atoms with Crippen LogP contribution in [0, 0.1) is 5.92 Å². The molecule has 1 N–H and O–H groups in total. The summed E-state index contributed by atoms with van der Waals surface area (Å²) in [5, 5.41) is 3.28. The molecule has 0 aromatic heterocycles. The molecule has 24 heavy (non-hydrogen) atoms. The summed E-state index contributed by atoms with van der Waals surface area (Å²) in [5.74, 6) is 0.992. The fraction of sp³-hybridized carbons (Fsp3) is 0.611. The van der Waals surface area contributed by atoms with Gasteiger partial charge in [-0.15, -0.1) is 24.8 Å². The Kier molecular flexibility index (Phi) is 8.88. The Bertz CT molecular complexity index is 517. The minimum absolute atomic E-state index is 0. The Morgan fingerprint density at radius 1 is 1.21 bits per heavy atom. The Balaban J connectivity index is 0.00000144. The molecule has 1 aliphatic carbocycles. The summed E-state index contributed by atoms with van der Waals surface area (Å²) in [6, 6.07) is 8.49. The average Bonchev–Trinajstić information content (AvgIpc) is 3.19. The van der Waals surface area contributed by atoms with Gasteiger partial charge in [0.2, 0.25) is 5.91 Å². The van der Waals surface area contributed by atoms with E-state index in [0.717, 1.165) is 25.6 Å². The zero-order valence-corrected chi connectivity index (χ0v) is 16.0. The minimum Gasteiger partial charge on any atom is -0.371 e. The van der Waals surface area contributed by atoms with Crippen molar-refractivity contribution in [2.75, 3.05) is 38.1 Å². The number of nitrogens with one attached hydrogen (secondary N) is 1. The van der Waals surface area contributed by atoms with Crippen molar-refractivity contribution < 1.29 is 4.79 Å². The number of likely N-dealkylation sites (N-methyl/N-ethyl adjacent to an activating group) is 1. The van der Waals surface area contributed by atoms with Gasteiger partial charge in [-0.1, -0.05) is 18.2 Å². The lowest BCUT2D eigenvalue weighted by Gasteiger charge is -2.24. The van der Waals surface area contributed by atoms with Gasteiger partial charge in [0.25, 0.3) is 0 Å². The number of amides is 1. The maximum atomic E-state index is 12.2. The van der Waals surface area contributed by atoms with E-state index in [4.69, 9.17) is 0 Å². The van der Waals surface area contributed by atoms with Crippen molar-refractivity contribution in [1.29, 1.82) is 0 Å². The van der Waals surface area contributed by atoms with E-state index < -0.39 is 0 Å². The fourth-order valence-corrected chi connectivity index (χ4v) is 3.09. The quantitative estimate of drug-likeness (QED) is 0.797. The Hall–Kier alpha value is -0.970. The molecule has 136 valence electrons. The fourth-order valence-electron chi connectivity index (χ4n) is 3.09. The van der Waals surface area contributed by atoms with Crippen molar-refractivity contribution in [2.24, 2.45) is 5.92 Å². The van der Waals surface area contributed by atoms with E-state index >= 15 is 0 Å². The van der Waals surface area contributed by atoms with Gasteiger partial charge in [0.1, 0.15) is 0 Å². The predicted molar refractivity (Wildman–Crippen MR) is 104 cm³/mol. The molecule has 1 aromatic carbocycles. The van der Waals surface area contributed by atoms with Gasteiger partial charge >= 0.3 is 0 Å². The maximum Gasteiger partial charge on any atom is 0.236 e. The number of hydrogen-bond acceptors (Lipinski definition) is 3. The average molecular weight is 374 g/mol. The highest BCUT2D eigenvalue weighted by Crippen LogP contribution is 2.27. The minimum atomic E-state index is 0. The second-order valence-corrected chi connectivity index (χ2v) is 6.65. The molecule has 0 bridgehead atoms. The first-order valence-electron chi connectivity index (χ1n) is 8.51. The SMILES string of the molecule is CN(Cc1ccccc1N1CCCC1)C(=O)CNCC1CC1.Cl.Cl. The van der Waals surface area contributed by atoms with Crippen molar-refractivity contribution in [3.8, 4) is 0 Å². The van der Waals surface area contributed by atoms with Gasteiger partial charge in [0.15, 0.2) is 0 Å². The van der Waals surface area contributed by atoms with E-state index in [9.17, 15) is 4.79 Å². The number of nitrogens with zero attached hydrogens (tertiary/aromatic N) is 2. The first-order valence-corrected chi connectivity index (χ1v) is 8.51. The van der Waals surface area contributed by atoms with Crippen LogP contribution in [0.3, 0.4) is 0 Å². The molecule has 2 fully saturated rings. The topological polar surface area (TPSA) is 35.6 Å². The molecule has 1 saturated heterocycles. The lowest BCUT2D eigenvalue weighted by molar-refractivity contribution is -0.129. The molecule has 3 rings (SSSR count). The van der Waals surface area contributed by atoms with Crippen molar-refractivity contribution in [3.63, 3.8) is 0 Å². The molecule has 1 amide bonds. The van der Waals surface area contributed by atoms with Crippen LogP contribution in [0.1, 0.15) is 31.2 Å². The normalized spacial score (nSPS) is 16.3. The van der Waals surface area contributed by atoms with Crippen LogP contribution >= 0.6 is 24.8 Å². The zero-order valence-electron chi connectivity index (χ0n) is 14.4. The van der Waals surface area contributed by atoms with Gasteiger partial charge in [0.05, 0.1) is 6.54 Å². The Labute approximate surface area is 157 Å². The van der Waals surface area contributed by atoms with E-state index in [2.05, 4.69) is 34.5 Å². The molecule has 1 heterocycles. The number of carbonyl (C=O) groups excluding carboxylic acids is 1. The summed E-state index contributed by atoms with van der Waals surface area (Å²) in [7, 11) is 1.90. The number of anilines is 1. The summed E-state index contributed by atoms with van der Waals surface area (Å²) in [4.78, 5) is 16.5. The van der Waals surface area contributed by atoms with Crippen LogP contribution < -0.4 is 10.2 Å². The van der Waals surface area contributed by atoms with Gasteiger partial charge in [-0.05, 0) is 49.8 Å². The van der Waals surface area contributed by atoms with Gasteiger partial charge < -0.3 is 15.1 Å². The maximum absolute atomic E-state index is 12.2. The van der Waals surface area contributed by atoms with Crippen molar-refractivity contribution in [2.45, 2.75) is 32.2 Å². The van der Waals surface area contributed by atoms with Crippen LogP contribution in [-0.4, -0.2) is 44.0 Å². The second kappa shape index (κ2) is 10.1. The number of para-hydroxylation sites is 1. The highest BCUT2D eigenvalue weighted by molar-refractivity contribution is 5.85. The third-order valence-corrected chi connectivity index (χ3v) is 4.68. The van der Waals surface area contributed by atoms with Crippen molar-refractivity contribution in [1.82, 2.24) is 10.2 Å². The molecular weight excluding hydrogens is 345 g/mol. The molecule has 0 unspecified atom stereocenters. The highest BCUT2D eigenvalue weighted by Gasteiger charge is 2.21. The first-order chi connectivity index (χ1) is 10.7. The number of halogens is 2. The largest absolute Gasteiger partial charge is 0.371 e. The van der Waals surface area contributed by atoms with Crippen molar-refractivity contribution >= 4 is 36.4 Å². The van der Waals surface area contributed by atoms with Gasteiger partial charge in [-0.2, -0.15) is 0 Å². The van der Waals surface area contributed by atoms with E-state index in [0.29, 0.717) is 13.1 Å². The molecular formula is C18H29Cl2N3O. The molecule has 2 aliphatic rings. The van der Waals surface area contributed by atoms with Crippen LogP contribution in [0.15, 0.2) is 24.3 Å². The van der Waals surface area contributed by atoms with Gasteiger partial charge in [-0.3, -0.25) is 4.79 Å². The monoisotopic (exact) mass is 373 g/mol. The lowest BCUT2D eigenvalue weighted by atomic mass is 10.1. The third kappa shape index (κ3) is 5.83. The summed E-state index contributed by atoms with van der Waals surface area (Å²) in [6.45, 7) is 4.41. The number of hydrogen-bond donors (Lipinski definition) is 1. The van der Waals surface area contributed by atoms with Crippen LogP contribution in [0.2, 0.25) is 0 Å². The molecule has 0 radical (unpaired) electrons. The third-order valence-electron chi connectivity index (χ3n) is 4.68. The second-order valence-electron chi connectivity index (χ2n) is 6.65. The van der Waals surface area contributed by atoms with Gasteiger partial charge in [0, 0.05) is 32.4 Å². The Morgan fingerprint density at radius 2 is 1.88 bits per heavy atom. The summed E-state index contributed by atoms with van der Waals surface area (Å²) in [5.41, 5.74) is 2.55. The van der Waals surface area contributed by atoms with E-state index in [1.165, 1.54) is 36.9 Å². The van der Waals surface area contributed by atoms with E-state index in [-0.39, 0.29) is 30.7 Å². The van der Waals surface area contributed by atoms with Gasteiger partial charge in [-0.25, -0.2) is 0 Å². The highest BCUT2D eigenvalue weighted by atomic mass is 35.5. The predicted octanol–water partition coefficient (Wildman–Crippen LogP) is 3.09. The first kappa shape index (κ1) is 21.1.